The highest BCUT2D eigenvalue weighted by Crippen LogP contribution is 2.33. The number of furan rings is 1. The fourth-order valence-corrected chi connectivity index (χ4v) is 2.85. The molecule has 6 nitrogen and oxygen atoms in total. The predicted octanol–water partition coefficient (Wildman–Crippen LogP) is 4.03. The van der Waals surface area contributed by atoms with Gasteiger partial charge in [-0.2, -0.15) is 0 Å². The van der Waals surface area contributed by atoms with Crippen LogP contribution in [0.1, 0.15) is 27.4 Å². The molecule has 0 saturated heterocycles. The summed E-state index contributed by atoms with van der Waals surface area (Å²) < 4.78 is 11.5. The smallest absolute Gasteiger partial charge is 0.309 e. The maximum atomic E-state index is 12.2. The van der Waals surface area contributed by atoms with Crippen LogP contribution in [0.2, 0.25) is 0 Å². The van der Waals surface area contributed by atoms with Crippen LogP contribution < -0.4 is 5.32 Å². The number of para-hydroxylation sites is 1. The van der Waals surface area contributed by atoms with Crippen molar-refractivity contribution >= 4 is 16.9 Å². The van der Waals surface area contributed by atoms with Gasteiger partial charge < -0.3 is 14.2 Å². The van der Waals surface area contributed by atoms with Crippen molar-refractivity contribution in [2.24, 2.45) is 0 Å². The van der Waals surface area contributed by atoms with Gasteiger partial charge in [-0.15, -0.1) is 10.2 Å². The third-order valence-corrected chi connectivity index (χ3v) is 4.27. The summed E-state index contributed by atoms with van der Waals surface area (Å²) in [6, 6.07) is 15.5. The zero-order chi connectivity index (χ0) is 18.1. The summed E-state index contributed by atoms with van der Waals surface area (Å²) >= 11 is 0. The molecule has 0 aliphatic heterocycles. The molecule has 0 saturated carbocycles. The summed E-state index contributed by atoms with van der Waals surface area (Å²) in [5, 5.41) is 11.6. The fourth-order valence-electron chi connectivity index (χ4n) is 2.85. The molecule has 0 unspecified atom stereocenters. The molecule has 0 spiro atoms. The molecule has 0 aliphatic rings. The van der Waals surface area contributed by atoms with Crippen LogP contribution in [0.25, 0.3) is 22.6 Å². The number of nitrogens with zero attached hydrogens (tertiary/aromatic N) is 2. The number of hydrogen-bond acceptors (Lipinski definition) is 5. The van der Waals surface area contributed by atoms with Gasteiger partial charge in [0.2, 0.25) is 0 Å². The molecule has 2 heterocycles. The molecule has 0 aliphatic carbocycles. The molecule has 1 N–H and O–H groups in total. The highest BCUT2D eigenvalue weighted by molar-refractivity contribution is 5.90. The quantitative estimate of drug-likeness (QED) is 0.603. The Balaban J connectivity index is 1.57. The first-order valence-electron chi connectivity index (χ1n) is 8.28. The minimum absolute atomic E-state index is 0.0903. The topological polar surface area (TPSA) is 81.2 Å². The van der Waals surface area contributed by atoms with Crippen LogP contribution in [-0.2, 0) is 6.54 Å². The van der Waals surface area contributed by atoms with Crippen LogP contribution in [-0.4, -0.2) is 16.1 Å². The van der Waals surface area contributed by atoms with Gasteiger partial charge in [-0.3, -0.25) is 4.79 Å². The van der Waals surface area contributed by atoms with Gasteiger partial charge in [0.1, 0.15) is 5.58 Å². The lowest BCUT2D eigenvalue weighted by Gasteiger charge is -2.01. The summed E-state index contributed by atoms with van der Waals surface area (Å²) in [6.07, 6.45) is 0. The van der Waals surface area contributed by atoms with Crippen LogP contribution >= 0.6 is 0 Å². The van der Waals surface area contributed by atoms with Crippen LogP contribution in [0.15, 0.2) is 57.4 Å². The monoisotopic (exact) mass is 347 g/mol. The van der Waals surface area contributed by atoms with Crippen molar-refractivity contribution in [3.05, 3.63) is 71.1 Å². The Labute approximate surface area is 149 Å². The van der Waals surface area contributed by atoms with E-state index in [2.05, 4.69) is 15.5 Å². The van der Waals surface area contributed by atoms with Gasteiger partial charge in [-0.1, -0.05) is 48.5 Å². The first-order chi connectivity index (χ1) is 12.6. The zero-order valence-corrected chi connectivity index (χ0v) is 14.4. The lowest BCUT2D eigenvalue weighted by molar-refractivity contribution is 0.0916. The molecule has 6 heteroatoms. The highest BCUT2D eigenvalue weighted by atomic mass is 16.4. The number of carbonyl (C=O) groups is 1. The minimum Gasteiger partial charge on any atom is -0.450 e. The van der Waals surface area contributed by atoms with Crippen molar-refractivity contribution < 1.29 is 13.6 Å². The van der Waals surface area contributed by atoms with E-state index < -0.39 is 5.91 Å². The van der Waals surface area contributed by atoms with Crippen molar-refractivity contribution in [2.45, 2.75) is 20.4 Å². The normalized spacial score (nSPS) is 11.0. The van der Waals surface area contributed by atoms with E-state index in [-0.39, 0.29) is 11.8 Å². The molecule has 130 valence electrons. The Kier molecular flexibility index (Phi) is 4.01. The van der Waals surface area contributed by atoms with Crippen molar-refractivity contribution in [1.29, 1.82) is 0 Å². The van der Waals surface area contributed by atoms with Gasteiger partial charge in [0.15, 0.2) is 5.76 Å². The van der Waals surface area contributed by atoms with E-state index in [4.69, 9.17) is 8.83 Å². The number of fused-ring (bicyclic) bond motifs is 1. The predicted molar refractivity (Wildman–Crippen MR) is 96.6 cm³/mol. The number of amides is 1. The number of rotatable bonds is 4. The van der Waals surface area contributed by atoms with Crippen LogP contribution in [0.4, 0.5) is 0 Å². The molecular formula is C20H17N3O3. The van der Waals surface area contributed by atoms with E-state index in [1.807, 2.05) is 62.4 Å². The molecule has 4 rings (SSSR count). The van der Waals surface area contributed by atoms with E-state index in [1.54, 1.807) is 0 Å². The fraction of sp³-hybridized carbons (Fsp3) is 0.150. The average Bonchev–Trinajstić information content (AvgIpc) is 3.27. The lowest BCUT2D eigenvalue weighted by Crippen LogP contribution is -2.23. The number of carbonyl (C=O) groups excluding carboxylic acids is 1. The van der Waals surface area contributed by atoms with Gasteiger partial charge in [-0.25, -0.2) is 0 Å². The second-order valence-electron chi connectivity index (χ2n) is 6.09. The van der Waals surface area contributed by atoms with E-state index in [9.17, 15) is 4.79 Å². The minimum atomic E-state index is -0.419. The number of aryl methyl sites for hydroxylation is 2. The molecule has 0 radical (unpaired) electrons. The first kappa shape index (κ1) is 16.1. The van der Waals surface area contributed by atoms with Crippen LogP contribution in [0, 0.1) is 13.8 Å². The van der Waals surface area contributed by atoms with Crippen molar-refractivity contribution in [3.63, 3.8) is 0 Å². The van der Waals surface area contributed by atoms with Crippen molar-refractivity contribution in [1.82, 2.24) is 15.5 Å². The second-order valence-corrected chi connectivity index (χ2v) is 6.09. The molecule has 26 heavy (non-hydrogen) atoms. The zero-order valence-electron chi connectivity index (χ0n) is 14.4. The first-order valence-corrected chi connectivity index (χ1v) is 8.28. The SMILES string of the molecule is Cc1c(-c2nnc(C(=O)NCc3ccccc3)o2)oc2c(C)cccc12. The molecule has 2 aromatic carbocycles. The average molecular weight is 347 g/mol. The third kappa shape index (κ3) is 2.86. The summed E-state index contributed by atoms with van der Waals surface area (Å²) in [5.74, 6) is 0.178. The van der Waals surface area contributed by atoms with E-state index in [0.717, 1.165) is 27.7 Å². The number of benzene rings is 2. The number of aromatic nitrogens is 2. The highest BCUT2D eigenvalue weighted by Gasteiger charge is 2.21. The van der Waals surface area contributed by atoms with Gasteiger partial charge >= 0.3 is 11.8 Å². The van der Waals surface area contributed by atoms with Gasteiger partial charge in [-0.05, 0) is 25.0 Å². The number of hydrogen-bond donors (Lipinski definition) is 1. The van der Waals surface area contributed by atoms with E-state index in [1.165, 1.54) is 0 Å². The maximum absolute atomic E-state index is 12.2. The Bertz CT molecular complexity index is 1080. The van der Waals surface area contributed by atoms with Crippen LogP contribution in [0.3, 0.4) is 0 Å². The lowest BCUT2D eigenvalue weighted by atomic mass is 10.1. The largest absolute Gasteiger partial charge is 0.450 e. The third-order valence-electron chi connectivity index (χ3n) is 4.27. The Hall–Kier alpha value is -3.41. The summed E-state index contributed by atoms with van der Waals surface area (Å²) in [5.41, 5.74) is 3.71. The van der Waals surface area contributed by atoms with Gasteiger partial charge in [0.05, 0.1) is 0 Å². The van der Waals surface area contributed by atoms with E-state index >= 15 is 0 Å². The number of nitrogens with one attached hydrogen (secondary N) is 1. The van der Waals surface area contributed by atoms with Gasteiger partial charge in [0, 0.05) is 17.5 Å². The van der Waals surface area contributed by atoms with Crippen LogP contribution in [0.5, 0.6) is 0 Å². The molecule has 2 aromatic heterocycles. The Morgan fingerprint density at radius 2 is 1.81 bits per heavy atom. The Morgan fingerprint density at radius 3 is 2.58 bits per heavy atom. The standard InChI is InChI=1S/C20H17N3O3/c1-12-7-6-10-15-13(2)17(25-16(12)15)19-22-23-20(26-19)18(24)21-11-14-8-4-3-5-9-14/h3-10H,11H2,1-2H3,(H,21,24). The van der Waals surface area contributed by atoms with Crippen molar-refractivity contribution in [3.8, 4) is 11.7 Å². The molecule has 0 atom stereocenters. The summed E-state index contributed by atoms with van der Waals surface area (Å²) in [4.78, 5) is 12.2. The van der Waals surface area contributed by atoms with Gasteiger partial charge in [0.25, 0.3) is 5.89 Å². The summed E-state index contributed by atoms with van der Waals surface area (Å²) in [7, 11) is 0. The molecule has 0 fully saturated rings. The molecule has 4 aromatic rings. The molecular weight excluding hydrogens is 330 g/mol. The maximum Gasteiger partial charge on any atom is 0.309 e. The molecule has 0 bridgehead atoms. The molecule has 1 amide bonds. The van der Waals surface area contributed by atoms with Crippen molar-refractivity contribution in [2.75, 3.05) is 0 Å². The Morgan fingerprint density at radius 1 is 1.00 bits per heavy atom. The summed E-state index contributed by atoms with van der Waals surface area (Å²) in [6.45, 7) is 4.30. The second kappa shape index (κ2) is 6.48. The van der Waals surface area contributed by atoms with E-state index in [0.29, 0.717) is 12.3 Å².